The highest BCUT2D eigenvalue weighted by atomic mass is 16.5. The Labute approximate surface area is 130 Å². The Bertz CT molecular complexity index is 533. The maximum Gasteiger partial charge on any atom is 0.309 e. The molecular formula is C17H23NO4. The molecule has 2 saturated carbocycles. The summed E-state index contributed by atoms with van der Waals surface area (Å²) in [6, 6.07) is 0. The van der Waals surface area contributed by atoms with Crippen molar-refractivity contribution < 1.29 is 19.4 Å². The number of carboxylic acid groups (broad SMARTS) is 1. The number of carbonyl (C=O) groups is 2. The number of rotatable bonds is 4. The van der Waals surface area contributed by atoms with Crippen molar-refractivity contribution >= 4 is 11.9 Å². The quantitative estimate of drug-likeness (QED) is 0.776. The molecule has 4 aliphatic rings. The predicted molar refractivity (Wildman–Crippen MR) is 79.1 cm³/mol. The van der Waals surface area contributed by atoms with Crippen molar-refractivity contribution in [3.05, 3.63) is 12.2 Å². The van der Waals surface area contributed by atoms with Gasteiger partial charge in [-0.15, -0.1) is 0 Å². The fourth-order valence-electron chi connectivity index (χ4n) is 4.98. The molecule has 1 amide bonds. The highest BCUT2D eigenvalue weighted by Crippen LogP contribution is 2.61. The van der Waals surface area contributed by atoms with E-state index in [0.717, 1.165) is 25.9 Å². The Hall–Kier alpha value is -1.36. The lowest BCUT2D eigenvalue weighted by Gasteiger charge is -2.28. The van der Waals surface area contributed by atoms with Crippen LogP contribution >= 0.6 is 0 Å². The second kappa shape index (κ2) is 4.82. The minimum Gasteiger partial charge on any atom is -0.481 e. The van der Waals surface area contributed by atoms with E-state index >= 15 is 0 Å². The van der Waals surface area contributed by atoms with Crippen LogP contribution in [0.15, 0.2) is 12.2 Å². The predicted octanol–water partition coefficient (Wildman–Crippen LogP) is 1.73. The fourth-order valence-corrected chi connectivity index (χ4v) is 4.98. The van der Waals surface area contributed by atoms with Crippen molar-refractivity contribution in [1.82, 2.24) is 5.32 Å². The zero-order chi connectivity index (χ0) is 15.4. The third-order valence-corrected chi connectivity index (χ3v) is 6.51. The van der Waals surface area contributed by atoms with E-state index in [1.165, 1.54) is 0 Å². The number of fused-ring (bicyclic) bond motifs is 4. The Morgan fingerprint density at radius 3 is 2.59 bits per heavy atom. The Morgan fingerprint density at radius 2 is 1.91 bits per heavy atom. The highest BCUT2D eigenvalue weighted by Gasteiger charge is 2.61. The lowest BCUT2D eigenvalue weighted by molar-refractivity contribution is -0.148. The summed E-state index contributed by atoms with van der Waals surface area (Å²) in [6.45, 7) is 1.43. The Morgan fingerprint density at radius 1 is 1.18 bits per heavy atom. The number of hydrogen-bond acceptors (Lipinski definition) is 3. The maximum atomic E-state index is 12.7. The first-order chi connectivity index (χ1) is 10.5. The molecule has 1 aliphatic heterocycles. The van der Waals surface area contributed by atoms with Gasteiger partial charge < -0.3 is 15.2 Å². The number of aliphatic carboxylic acids is 1. The smallest absolute Gasteiger partial charge is 0.309 e. The van der Waals surface area contributed by atoms with Crippen LogP contribution in [0.4, 0.5) is 0 Å². The first-order valence-corrected chi connectivity index (χ1v) is 8.35. The van der Waals surface area contributed by atoms with Crippen LogP contribution < -0.4 is 5.32 Å². The molecule has 0 spiro atoms. The lowest BCUT2D eigenvalue weighted by atomic mass is 9.81. The molecule has 3 fully saturated rings. The van der Waals surface area contributed by atoms with Crippen molar-refractivity contribution in [3.8, 4) is 0 Å². The third-order valence-electron chi connectivity index (χ3n) is 6.51. The average Bonchev–Trinajstić information content (AvgIpc) is 3.20. The standard InChI is InChI=1S/C17H23NO4/c19-14(16-3-5-17(10-16,6-4-16)15(20)21)18-8-11-1-2-13-7-12(11)9-22-13/h1-2,11-13H,3-10H2,(H,18,19)(H,20,21)/t11-,12+,13-,16?,17?/m0/s1. The van der Waals surface area contributed by atoms with Gasteiger partial charge in [-0.1, -0.05) is 12.2 Å². The van der Waals surface area contributed by atoms with Gasteiger partial charge in [0, 0.05) is 6.54 Å². The minimum atomic E-state index is -0.718. The van der Waals surface area contributed by atoms with Crippen molar-refractivity contribution in [3.63, 3.8) is 0 Å². The number of amides is 1. The van der Waals surface area contributed by atoms with Gasteiger partial charge in [0.15, 0.2) is 0 Å². The van der Waals surface area contributed by atoms with E-state index in [4.69, 9.17) is 4.74 Å². The van der Waals surface area contributed by atoms with Gasteiger partial charge in [0.1, 0.15) is 0 Å². The van der Waals surface area contributed by atoms with Gasteiger partial charge in [-0.25, -0.2) is 0 Å². The number of carbonyl (C=O) groups excluding carboxylic acids is 1. The van der Waals surface area contributed by atoms with Crippen LogP contribution in [0.1, 0.15) is 38.5 Å². The van der Waals surface area contributed by atoms with E-state index in [9.17, 15) is 14.7 Å². The Balaban J connectivity index is 1.38. The zero-order valence-corrected chi connectivity index (χ0v) is 12.7. The number of carboxylic acids is 1. The Kier molecular flexibility index (Phi) is 3.12. The number of hydrogen-bond donors (Lipinski definition) is 2. The molecule has 0 aromatic heterocycles. The molecule has 0 aromatic rings. The summed E-state index contributed by atoms with van der Waals surface area (Å²) in [5.74, 6) is 0.218. The molecule has 1 heterocycles. The van der Waals surface area contributed by atoms with E-state index in [1.54, 1.807) is 0 Å². The van der Waals surface area contributed by atoms with Gasteiger partial charge in [0.2, 0.25) is 5.91 Å². The van der Waals surface area contributed by atoms with Crippen LogP contribution in [0.25, 0.3) is 0 Å². The van der Waals surface area contributed by atoms with Crippen LogP contribution in [-0.4, -0.2) is 36.2 Å². The number of ether oxygens (including phenoxy) is 1. The maximum absolute atomic E-state index is 12.7. The van der Waals surface area contributed by atoms with Gasteiger partial charge in [0.05, 0.1) is 23.5 Å². The summed E-state index contributed by atoms with van der Waals surface area (Å²) in [7, 11) is 0. The topological polar surface area (TPSA) is 75.6 Å². The van der Waals surface area contributed by atoms with Crippen molar-refractivity contribution in [2.75, 3.05) is 13.2 Å². The van der Waals surface area contributed by atoms with E-state index < -0.39 is 16.8 Å². The van der Waals surface area contributed by atoms with Crippen molar-refractivity contribution in [1.29, 1.82) is 0 Å². The summed E-state index contributed by atoms with van der Waals surface area (Å²) in [5, 5.41) is 12.5. The van der Waals surface area contributed by atoms with Crippen LogP contribution in [0.3, 0.4) is 0 Å². The molecule has 2 N–H and O–H groups in total. The molecule has 0 unspecified atom stereocenters. The minimum absolute atomic E-state index is 0.0718. The zero-order valence-electron chi connectivity index (χ0n) is 12.7. The molecule has 5 nitrogen and oxygen atoms in total. The van der Waals surface area contributed by atoms with Gasteiger partial charge in [-0.2, -0.15) is 0 Å². The van der Waals surface area contributed by atoms with E-state index in [0.29, 0.717) is 37.6 Å². The molecule has 120 valence electrons. The monoisotopic (exact) mass is 305 g/mol. The molecule has 3 atom stereocenters. The summed E-state index contributed by atoms with van der Waals surface area (Å²) in [4.78, 5) is 24.2. The van der Waals surface area contributed by atoms with E-state index in [2.05, 4.69) is 17.5 Å². The number of nitrogens with one attached hydrogen (secondary N) is 1. The molecular weight excluding hydrogens is 282 g/mol. The van der Waals surface area contributed by atoms with Crippen molar-refractivity contribution in [2.45, 2.75) is 44.6 Å². The van der Waals surface area contributed by atoms with Crippen LogP contribution in [0, 0.1) is 22.7 Å². The van der Waals surface area contributed by atoms with E-state index in [-0.39, 0.29) is 12.0 Å². The average molecular weight is 305 g/mol. The summed E-state index contributed by atoms with van der Waals surface area (Å²) in [6.07, 6.45) is 8.89. The van der Waals surface area contributed by atoms with Gasteiger partial charge in [0.25, 0.3) is 0 Å². The largest absolute Gasteiger partial charge is 0.481 e. The normalized spacial score (nSPS) is 45.2. The summed E-state index contributed by atoms with van der Waals surface area (Å²) < 4.78 is 5.64. The molecule has 5 heteroatoms. The summed E-state index contributed by atoms with van der Waals surface area (Å²) >= 11 is 0. The fraction of sp³-hybridized carbons (Fsp3) is 0.765. The molecule has 1 saturated heterocycles. The molecule has 22 heavy (non-hydrogen) atoms. The van der Waals surface area contributed by atoms with Gasteiger partial charge in [-0.3, -0.25) is 9.59 Å². The summed E-state index contributed by atoms with van der Waals surface area (Å²) in [5.41, 5.74) is -1.06. The van der Waals surface area contributed by atoms with Gasteiger partial charge in [-0.05, 0) is 50.4 Å². The van der Waals surface area contributed by atoms with E-state index in [1.807, 2.05) is 0 Å². The molecule has 4 bridgehead atoms. The second-order valence-corrected chi connectivity index (χ2v) is 7.67. The molecule has 0 radical (unpaired) electrons. The first kappa shape index (κ1) is 14.2. The highest BCUT2D eigenvalue weighted by molar-refractivity contribution is 5.87. The molecule has 3 aliphatic carbocycles. The lowest BCUT2D eigenvalue weighted by Crippen LogP contribution is -2.41. The second-order valence-electron chi connectivity index (χ2n) is 7.67. The molecule has 0 aromatic carbocycles. The van der Waals surface area contributed by atoms with Crippen LogP contribution in [0.2, 0.25) is 0 Å². The first-order valence-electron chi connectivity index (χ1n) is 8.35. The third kappa shape index (κ3) is 2.02. The van der Waals surface area contributed by atoms with Gasteiger partial charge >= 0.3 is 5.97 Å². The van der Waals surface area contributed by atoms with Crippen LogP contribution in [0.5, 0.6) is 0 Å². The van der Waals surface area contributed by atoms with Crippen molar-refractivity contribution in [2.24, 2.45) is 22.7 Å². The van der Waals surface area contributed by atoms with Crippen LogP contribution in [-0.2, 0) is 14.3 Å². The SMILES string of the molecule is O=C(O)C12CCC(C(=O)NC[C@@H]3C=C[C@H]4C[C@@H]3CO4)(CC1)C2. The molecule has 4 rings (SSSR count).